The Kier molecular flexibility index (Phi) is 5.80. The number of aromatic nitrogens is 1. The maximum Gasteiger partial charge on any atom is 0.313 e. The summed E-state index contributed by atoms with van der Waals surface area (Å²) in [4.78, 5) is 24.5. The van der Waals surface area contributed by atoms with E-state index >= 15 is 0 Å². The number of nitrogens with one attached hydrogen (secondary N) is 2. The van der Waals surface area contributed by atoms with Crippen LogP contribution in [0.5, 0.6) is 0 Å². The number of benzene rings is 3. The van der Waals surface area contributed by atoms with Crippen molar-refractivity contribution in [2.75, 3.05) is 11.9 Å². The molecule has 0 atom stereocenters. The lowest BCUT2D eigenvalue weighted by Crippen LogP contribution is -2.36. The van der Waals surface area contributed by atoms with Crippen LogP contribution in [-0.2, 0) is 22.6 Å². The van der Waals surface area contributed by atoms with Crippen LogP contribution in [0.4, 0.5) is 5.69 Å². The first-order valence-corrected chi connectivity index (χ1v) is 10.3. The van der Waals surface area contributed by atoms with Crippen LogP contribution in [0, 0.1) is 0 Å². The second-order valence-corrected chi connectivity index (χ2v) is 7.29. The predicted molar refractivity (Wildman–Crippen MR) is 122 cm³/mol. The maximum atomic E-state index is 12.3. The number of fused-ring (bicyclic) bond motifs is 3. The average molecular weight is 399 g/mol. The van der Waals surface area contributed by atoms with Gasteiger partial charge in [0.05, 0.1) is 0 Å². The Balaban J connectivity index is 1.40. The van der Waals surface area contributed by atoms with E-state index in [0.717, 1.165) is 41.2 Å². The fraction of sp³-hybridized carbons (Fsp3) is 0.200. The third-order valence-corrected chi connectivity index (χ3v) is 5.32. The Hall–Kier alpha value is -3.60. The molecule has 2 N–H and O–H groups in total. The first-order chi connectivity index (χ1) is 14.7. The number of carbonyl (C=O) groups is 2. The number of aryl methyl sites for hydroxylation is 2. The van der Waals surface area contributed by atoms with Gasteiger partial charge in [-0.25, -0.2) is 0 Å². The van der Waals surface area contributed by atoms with Crippen molar-refractivity contribution in [2.45, 2.75) is 26.3 Å². The lowest BCUT2D eigenvalue weighted by molar-refractivity contribution is -0.136. The summed E-state index contributed by atoms with van der Waals surface area (Å²) in [6.07, 6.45) is 1.65. The number of nitrogens with zero attached hydrogens (tertiary/aromatic N) is 1. The quantitative estimate of drug-likeness (QED) is 0.370. The first-order valence-electron chi connectivity index (χ1n) is 10.3. The third kappa shape index (κ3) is 4.06. The molecule has 0 spiro atoms. The summed E-state index contributed by atoms with van der Waals surface area (Å²) in [5, 5.41) is 7.62. The molecule has 0 bridgehead atoms. The molecule has 0 unspecified atom stereocenters. The van der Waals surface area contributed by atoms with Gasteiger partial charge in [0.2, 0.25) is 0 Å². The van der Waals surface area contributed by atoms with Gasteiger partial charge in [-0.3, -0.25) is 9.59 Å². The van der Waals surface area contributed by atoms with Gasteiger partial charge >= 0.3 is 11.8 Å². The van der Waals surface area contributed by atoms with Crippen LogP contribution in [0.25, 0.3) is 21.8 Å². The molecule has 0 saturated carbocycles. The zero-order valence-electron chi connectivity index (χ0n) is 17.0. The van der Waals surface area contributed by atoms with Crippen LogP contribution in [0.15, 0.2) is 72.8 Å². The van der Waals surface area contributed by atoms with Gasteiger partial charge in [-0.05, 0) is 49.6 Å². The van der Waals surface area contributed by atoms with Gasteiger partial charge < -0.3 is 15.2 Å². The topological polar surface area (TPSA) is 63.1 Å². The standard InChI is InChI=1S/C25H25N3O2/c1-2-28-22-13-7-6-12-20(22)21-17-19(14-15-23(21)28)27-25(30)24(29)26-16-8-11-18-9-4-3-5-10-18/h3-7,9-10,12-15,17H,2,8,11,16H2,1H3,(H,26,29)(H,27,30). The van der Waals surface area contributed by atoms with Crippen LogP contribution < -0.4 is 10.6 Å². The van der Waals surface area contributed by atoms with Gasteiger partial charge in [-0.2, -0.15) is 0 Å². The summed E-state index contributed by atoms with van der Waals surface area (Å²) < 4.78 is 2.25. The van der Waals surface area contributed by atoms with E-state index in [1.807, 2.05) is 48.5 Å². The minimum Gasteiger partial charge on any atom is -0.348 e. The molecule has 152 valence electrons. The smallest absolute Gasteiger partial charge is 0.313 e. The van der Waals surface area contributed by atoms with Gasteiger partial charge in [0, 0.05) is 40.6 Å². The number of amides is 2. The zero-order chi connectivity index (χ0) is 20.9. The van der Waals surface area contributed by atoms with Gasteiger partial charge in [-0.1, -0.05) is 48.5 Å². The molecular weight excluding hydrogens is 374 g/mol. The minimum atomic E-state index is -0.645. The van der Waals surface area contributed by atoms with Gasteiger partial charge in [0.15, 0.2) is 0 Å². The average Bonchev–Trinajstić information content (AvgIpc) is 3.10. The van der Waals surface area contributed by atoms with Crippen LogP contribution in [0.1, 0.15) is 18.9 Å². The molecule has 1 aromatic heterocycles. The Morgan fingerprint density at radius 1 is 0.833 bits per heavy atom. The van der Waals surface area contributed by atoms with Crippen LogP contribution in [-0.4, -0.2) is 22.9 Å². The highest BCUT2D eigenvalue weighted by Crippen LogP contribution is 2.30. The minimum absolute atomic E-state index is 0.462. The highest BCUT2D eigenvalue weighted by Gasteiger charge is 2.15. The molecule has 3 aromatic carbocycles. The summed E-state index contributed by atoms with van der Waals surface area (Å²) >= 11 is 0. The highest BCUT2D eigenvalue weighted by molar-refractivity contribution is 6.39. The van der Waals surface area contributed by atoms with Crippen LogP contribution in [0.3, 0.4) is 0 Å². The molecule has 0 saturated heterocycles. The molecule has 0 aliphatic carbocycles. The summed E-state index contributed by atoms with van der Waals surface area (Å²) in [6.45, 7) is 3.44. The van der Waals surface area contributed by atoms with Crippen molar-refractivity contribution in [3.8, 4) is 0 Å². The van der Waals surface area contributed by atoms with Crippen molar-refractivity contribution in [1.82, 2.24) is 9.88 Å². The Morgan fingerprint density at radius 2 is 1.57 bits per heavy atom. The Morgan fingerprint density at radius 3 is 2.37 bits per heavy atom. The van der Waals surface area contributed by atoms with E-state index < -0.39 is 11.8 Å². The van der Waals surface area contributed by atoms with Crippen LogP contribution >= 0.6 is 0 Å². The molecule has 5 nitrogen and oxygen atoms in total. The van der Waals surface area contributed by atoms with E-state index in [9.17, 15) is 9.59 Å². The molecule has 4 aromatic rings. The number of anilines is 1. The molecule has 0 aliphatic rings. The SMILES string of the molecule is CCn1c2ccccc2c2cc(NC(=O)C(=O)NCCCc3ccccc3)ccc21. The van der Waals surface area contributed by atoms with Crippen molar-refractivity contribution in [3.05, 3.63) is 78.4 Å². The molecule has 0 radical (unpaired) electrons. The van der Waals surface area contributed by atoms with E-state index in [0.29, 0.717) is 12.2 Å². The van der Waals surface area contributed by atoms with E-state index in [1.165, 1.54) is 5.56 Å². The Labute approximate surface area is 175 Å². The number of rotatable bonds is 6. The normalized spacial score (nSPS) is 11.0. The van der Waals surface area contributed by atoms with E-state index in [-0.39, 0.29) is 0 Å². The van der Waals surface area contributed by atoms with E-state index in [4.69, 9.17) is 0 Å². The fourth-order valence-corrected chi connectivity index (χ4v) is 3.88. The van der Waals surface area contributed by atoms with Crippen molar-refractivity contribution >= 4 is 39.3 Å². The molecule has 0 fully saturated rings. The van der Waals surface area contributed by atoms with Crippen molar-refractivity contribution < 1.29 is 9.59 Å². The highest BCUT2D eigenvalue weighted by atomic mass is 16.2. The number of hydrogen-bond acceptors (Lipinski definition) is 2. The second-order valence-electron chi connectivity index (χ2n) is 7.29. The third-order valence-electron chi connectivity index (χ3n) is 5.32. The van der Waals surface area contributed by atoms with Crippen molar-refractivity contribution in [2.24, 2.45) is 0 Å². The predicted octanol–water partition coefficient (Wildman–Crippen LogP) is 4.50. The van der Waals surface area contributed by atoms with Gasteiger partial charge in [0.25, 0.3) is 0 Å². The van der Waals surface area contributed by atoms with Crippen LogP contribution in [0.2, 0.25) is 0 Å². The molecular formula is C25H25N3O2. The zero-order valence-corrected chi connectivity index (χ0v) is 17.0. The van der Waals surface area contributed by atoms with Crippen molar-refractivity contribution in [3.63, 3.8) is 0 Å². The first kappa shape index (κ1) is 19.7. The summed E-state index contributed by atoms with van der Waals surface area (Å²) in [5.41, 5.74) is 4.11. The molecule has 5 heteroatoms. The molecule has 1 heterocycles. The number of para-hydroxylation sites is 1. The molecule has 30 heavy (non-hydrogen) atoms. The van der Waals surface area contributed by atoms with E-state index in [2.05, 4.69) is 46.4 Å². The Bertz CT molecular complexity index is 1200. The molecule has 4 rings (SSSR count). The lowest BCUT2D eigenvalue weighted by atomic mass is 10.1. The molecule has 2 amide bonds. The van der Waals surface area contributed by atoms with Gasteiger partial charge in [0.1, 0.15) is 0 Å². The lowest BCUT2D eigenvalue weighted by Gasteiger charge is -2.08. The number of carbonyl (C=O) groups excluding carboxylic acids is 2. The summed E-state index contributed by atoms with van der Waals surface area (Å²) in [7, 11) is 0. The van der Waals surface area contributed by atoms with Crippen molar-refractivity contribution in [1.29, 1.82) is 0 Å². The maximum absolute atomic E-state index is 12.3. The van der Waals surface area contributed by atoms with Gasteiger partial charge in [-0.15, -0.1) is 0 Å². The monoisotopic (exact) mass is 399 g/mol. The second kappa shape index (κ2) is 8.82. The molecule has 0 aliphatic heterocycles. The summed E-state index contributed by atoms with van der Waals surface area (Å²) in [6, 6.07) is 24.1. The fourth-order valence-electron chi connectivity index (χ4n) is 3.88. The summed E-state index contributed by atoms with van der Waals surface area (Å²) in [5.74, 6) is -1.26. The number of hydrogen-bond donors (Lipinski definition) is 2. The largest absolute Gasteiger partial charge is 0.348 e. The van der Waals surface area contributed by atoms with E-state index in [1.54, 1.807) is 0 Å².